The molecular formula is C26H20Cl2N3NaO6S. The number of hydrogen-bond acceptors (Lipinski definition) is 7. The van der Waals surface area contributed by atoms with Gasteiger partial charge in [0.2, 0.25) is 0 Å². The van der Waals surface area contributed by atoms with E-state index in [4.69, 9.17) is 27.9 Å². The number of benzene rings is 4. The van der Waals surface area contributed by atoms with Crippen molar-refractivity contribution in [1.29, 1.82) is 0 Å². The average Bonchev–Trinajstić information content (AvgIpc) is 2.88. The Morgan fingerprint density at radius 2 is 1.79 bits per heavy atom. The molecule has 4 aromatic carbocycles. The summed E-state index contributed by atoms with van der Waals surface area (Å²) in [6.07, 6.45) is 0.404. The minimum Gasteiger partial charge on any atom is -0.870 e. The predicted molar refractivity (Wildman–Crippen MR) is 144 cm³/mol. The van der Waals surface area contributed by atoms with Crippen LogP contribution in [-0.2, 0) is 16.5 Å². The molecule has 0 aliphatic carbocycles. The maximum atomic E-state index is 13.5. The molecule has 9 nitrogen and oxygen atoms in total. The van der Waals surface area contributed by atoms with Crippen LogP contribution in [0.25, 0.3) is 10.8 Å². The summed E-state index contributed by atoms with van der Waals surface area (Å²) in [6.45, 7) is 1.76. The molecule has 1 amide bonds. The first-order chi connectivity index (χ1) is 18.1. The third-order valence-electron chi connectivity index (χ3n) is 5.71. The van der Waals surface area contributed by atoms with E-state index in [-0.39, 0.29) is 62.2 Å². The Bertz CT molecular complexity index is 1710. The summed E-state index contributed by atoms with van der Waals surface area (Å²) in [5.74, 6) is -1.23. The van der Waals surface area contributed by atoms with E-state index in [1.54, 1.807) is 55.5 Å². The molecule has 0 unspecified atom stereocenters. The fraction of sp³-hybridized carbons (Fsp3) is 0.115. The number of carbonyl (C=O) groups is 1. The van der Waals surface area contributed by atoms with Crippen molar-refractivity contribution < 1.29 is 57.2 Å². The zero-order valence-corrected chi connectivity index (χ0v) is 25.4. The number of ether oxygens (including phenoxy) is 1. The number of carbonyl (C=O) groups excluding carboxylic acids is 1. The van der Waals surface area contributed by atoms with Gasteiger partial charge < -0.3 is 15.2 Å². The topological polar surface area (TPSA) is 140 Å². The summed E-state index contributed by atoms with van der Waals surface area (Å²) in [5.41, 5.74) is -0.0816. The third-order valence-corrected chi connectivity index (χ3v) is 7.49. The van der Waals surface area contributed by atoms with E-state index in [9.17, 15) is 22.9 Å². The van der Waals surface area contributed by atoms with Crippen LogP contribution in [0.15, 0.2) is 75.8 Å². The van der Waals surface area contributed by atoms with Crippen LogP contribution in [-0.4, -0.2) is 26.0 Å². The van der Waals surface area contributed by atoms with Crippen LogP contribution in [0.5, 0.6) is 11.5 Å². The van der Waals surface area contributed by atoms with Crippen LogP contribution in [0.2, 0.25) is 10.0 Å². The minimum absolute atomic E-state index is 0. The van der Waals surface area contributed by atoms with Gasteiger partial charge in [-0.3, -0.25) is 9.35 Å². The number of hydrogen-bond donors (Lipinski definition) is 2. The second kappa shape index (κ2) is 12.6. The van der Waals surface area contributed by atoms with Gasteiger partial charge in [-0.2, -0.15) is 13.5 Å². The molecule has 13 heteroatoms. The first kappa shape index (κ1) is 30.8. The smallest absolute Gasteiger partial charge is 0.870 e. The number of amides is 1. The molecule has 0 saturated heterocycles. The number of anilines is 1. The van der Waals surface area contributed by atoms with Gasteiger partial charge in [-0.15, -0.1) is 5.11 Å². The maximum Gasteiger partial charge on any atom is 1.00 e. The van der Waals surface area contributed by atoms with E-state index in [1.807, 2.05) is 0 Å². The Morgan fingerprint density at radius 1 is 1.08 bits per heavy atom. The van der Waals surface area contributed by atoms with Gasteiger partial charge in [-0.1, -0.05) is 72.3 Å². The number of fused-ring (bicyclic) bond motifs is 1. The van der Waals surface area contributed by atoms with Gasteiger partial charge >= 0.3 is 29.6 Å². The first-order valence-corrected chi connectivity index (χ1v) is 13.3. The zero-order chi connectivity index (χ0) is 27.6. The van der Waals surface area contributed by atoms with Crippen LogP contribution >= 0.6 is 23.2 Å². The molecule has 4 rings (SSSR count). The van der Waals surface area contributed by atoms with Gasteiger partial charge in [0, 0.05) is 10.9 Å². The van der Waals surface area contributed by atoms with Crippen LogP contribution in [0.3, 0.4) is 0 Å². The molecule has 0 spiro atoms. The first-order valence-electron chi connectivity index (χ1n) is 11.1. The normalized spacial score (nSPS) is 11.4. The summed E-state index contributed by atoms with van der Waals surface area (Å²) in [4.78, 5) is 12.6. The van der Waals surface area contributed by atoms with E-state index >= 15 is 0 Å². The largest absolute Gasteiger partial charge is 1.00 e. The Morgan fingerprint density at radius 3 is 2.46 bits per heavy atom. The molecule has 0 aliphatic heterocycles. The second-order valence-electron chi connectivity index (χ2n) is 8.01. The van der Waals surface area contributed by atoms with E-state index in [2.05, 4.69) is 15.5 Å². The van der Waals surface area contributed by atoms with Crippen LogP contribution in [0.4, 0.5) is 17.1 Å². The molecule has 0 fully saturated rings. The molecule has 196 valence electrons. The minimum atomic E-state index is -4.77. The summed E-state index contributed by atoms with van der Waals surface area (Å²) < 4.78 is 39.1. The number of halogens is 2. The summed E-state index contributed by atoms with van der Waals surface area (Å²) >= 11 is 12.4. The number of aryl methyl sites for hydroxylation is 1. The SMILES string of the molecule is CCc1ccc(N=Nc2c([O-])c(C(=O)Nc3c(Cl)cccc3OC)cc3ccccc23)c(S(=O)(=O)O)c1Cl.[Na+]. The molecule has 4 aromatic rings. The number of nitrogens with zero attached hydrogens (tertiary/aromatic N) is 2. The fourth-order valence-electron chi connectivity index (χ4n) is 3.84. The summed E-state index contributed by atoms with van der Waals surface area (Å²) in [6, 6.07) is 15.7. The number of rotatable bonds is 7. The Balaban J connectivity index is 0.00000420. The van der Waals surface area contributed by atoms with E-state index in [0.29, 0.717) is 28.5 Å². The van der Waals surface area contributed by atoms with E-state index in [0.717, 1.165) is 0 Å². The molecule has 0 atom stereocenters. The molecule has 0 heterocycles. The van der Waals surface area contributed by atoms with Gasteiger partial charge in [0.05, 0.1) is 22.8 Å². The summed E-state index contributed by atoms with van der Waals surface area (Å²) in [5, 5.41) is 24.9. The third kappa shape index (κ3) is 6.38. The van der Waals surface area contributed by atoms with Crippen molar-refractivity contribution in [1.82, 2.24) is 0 Å². The van der Waals surface area contributed by atoms with Crippen molar-refractivity contribution >= 4 is 67.1 Å². The fourth-order valence-corrected chi connectivity index (χ4v) is 5.37. The Labute approximate surface area is 256 Å². The zero-order valence-electron chi connectivity index (χ0n) is 21.0. The number of para-hydroxylation sites is 1. The number of methoxy groups -OCH3 is 1. The quantitative estimate of drug-likeness (QED) is 0.189. The molecule has 0 bridgehead atoms. The molecule has 0 radical (unpaired) electrons. The molecular weight excluding hydrogens is 576 g/mol. The number of nitrogens with one attached hydrogen (secondary N) is 1. The molecule has 0 aromatic heterocycles. The molecule has 0 aliphatic rings. The van der Waals surface area contributed by atoms with E-state index < -0.39 is 26.7 Å². The van der Waals surface area contributed by atoms with Gasteiger partial charge in [0.25, 0.3) is 16.0 Å². The molecule has 0 saturated carbocycles. The molecule has 39 heavy (non-hydrogen) atoms. The standard InChI is InChI=1S/C26H21Cl2N3O6S.Na/c1-3-14-11-12-19(25(21(14)28)38(34,35)36)30-31-22-16-8-5-4-7-15(16)13-17(24(22)32)26(33)29-23-18(27)9-6-10-20(23)37-2;/h4-13,32H,3H2,1-2H3,(H,29,33)(H,34,35,36);/q;+1/p-1. The van der Waals surface area contributed by atoms with Crippen molar-refractivity contribution in [3.63, 3.8) is 0 Å². The Kier molecular flexibility index (Phi) is 10.0. The summed E-state index contributed by atoms with van der Waals surface area (Å²) in [7, 11) is -3.36. The van der Waals surface area contributed by atoms with Crippen molar-refractivity contribution in [3.05, 3.63) is 81.8 Å². The second-order valence-corrected chi connectivity index (χ2v) is 10.2. The number of azo groups is 1. The van der Waals surface area contributed by atoms with Crippen LogP contribution in [0.1, 0.15) is 22.8 Å². The van der Waals surface area contributed by atoms with Gasteiger partial charge in [0.1, 0.15) is 22.0 Å². The van der Waals surface area contributed by atoms with Gasteiger partial charge in [0.15, 0.2) is 0 Å². The van der Waals surface area contributed by atoms with Crippen molar-refractivity contribution in [2.24, 2.45) is 10.2 Å². The Hall–Kier alpha value is -2.70. The molecule has 2 N–H and O–H groups in total. The average molecular weight is 596 g/mol. The van der Waals surface area contributed by atoms with Gasteiger partial charge in [-0.25, -0.2) is 0 Å². The van der Waals surface area contributed by atoms with Crippen molar-refractivity contribution in [2.45, 2.75) is 18.2 Å². The van der Waals surface area contributed by atoms with Gasteiger partial charge in [-0.05, 0) is 41.6 Å². The van der Waals surface area contributed by atoms with Crippen molar-refractivity contribution in [2.75, 3.05) is 12.4 Å². The van der Waals surface area contributed by atoms with E-state index in [1.165, 1.54) is 19.2 Å². The monoisotopic (exact) mass is 595 g/mol. The maximum absolute atomic E-state index is 13.5. The van der Waals surface area contributed by atoms with Crippen LogP contribution in [0, 0.1) is 0 Å². The van der Waals surface area contributed by atoms with Crippen molar-refractivity contribution in [3.8, 4) is 11.5 Å². The predicted octanol–water partition coefficient (Wildman–Crippen LogP) is 3.71. The van der Waals surface area contributed by atoms with Crippen LogP contribution < -0.4 is 44.7 Å².